The van der Waals surface area contributed by atoms with Crippen molar-refractivity contribution < 1.29 is 14.3 Å². The topological polar surface area (TPSA) is 83.2 Å². The Morgan fingerprint density at radius 2 is 1.93 bits per heavy atom. The Morgan fingerprint density at radius 3 is 2.62 bits per heavy atom. The molecule has 8 heteroatoms. The van der Waals surface area contributed by atoms with E-state index in [9.17, 15) is 14.4 Å². The first-order valence-electron chi connectivity index (χ1n) is 9.46. The van der Waals surface area contributed by atoms with Crippen LogP contribution in [-0.2, 0) is 22.6 Å². The Bertz CT molecular complexity index is 1150. The summed E-state index contributed by atoms with van der Waals surface area (Å²) in [6.45, 7) is 8.26. The molecule has 3 rings (SSSR count). The van der Waals surface area contributed by atoms with Crippen LogP contribution in [0.5, 0.6) is 0 Å². The highest BCUT2D eigenvalue weighted by atomic mass is 32.1. The van der Waals surface area contributed by atoms with E-state index < -0.39 is 0 Å². The summed E-state index contributed by atoms with van der Waals surface area (Å²) in [6.07, 6.45) is 2.41. The van der Waals surface area contributed by atoms with Gasteiger partial charge in [0.1, 0.15) is 4.83 Å². The molecular formula is C21H25N3O4S. The van der Waals surface area contributed by atoms with Gasteiger partial charge < -0.3 is 9.30 Å². The van der Waals surface area contributed by atoms with Gasteiger partial charge in [-0.05, 0) is 45.7 Å². The third-order valence-corrected chi connectivity index (χ3v) is 6.45. The van der Waals surface area contributed by atoms with Gasteiger partial charge in [0.05, 0.1) is 25.4 Å². The van der Waals surface area contributed by atoms with Gasteiger partial charge in [0.2, 0.25) is 0 Å². The first-order valence-corrected chi connectivity index (χ1v) is 10.3. The molecule has 3 aromatic rings. The SMILES string of the molecule is COC(=O)CCCn1c(C)cc(C(=O)Cn2cnc3sc(C)c(C)c3c2=O)c1C. The Morgan fingerprint density at radius 1 is 1.21 bits per heavy atom. The number of methoxy groups -OCH3 is 1. The normalized spacial score (nSPS) is 11.2. The molecular weight excluding hydrogens is 390 g/mol. The third-order valence-electron chi connectivity index (χ3n) is 5.33. The molecule has 0 aliphatic rings. The summed E-state index contributed by atoms with van der Waals surface area (Å²) < 4.78 is 8.07. The van der Waals surface area contributed by atoms with E-state index >= 15 is 0 Å². The molecule has 0 fully saturated rings. The number of nitrogens with zero attached hydrogens (tertiary/aromatic N) is 3. The molecule has 0 aliphatic carbocycles. The van der Waals surface area contributed by atoms with Gasteiger partial charge in [0, 0.05) is 34.8 Å². The highest BCUT2D eigenvalue weighted by Gasteiger charge is 2.18. The number of hydrogen-bond donors (Lipinski definition) is 0. The second-order valence-corrected chi connectivity index (χ2v) is 8.38. The number of fused-ring (bicyclic) bond motifs is 1. The fourth-order valence-corrected chi connectivity index (χ4v) is 4.52. The summed E-state index contributed by atoms with van der Waals surface area (Å²) in [5.41, 5.74) is 3.11. The number of ketones is 1. The van der Waals surface area contributed by atoms with E-state index in [2.05, 4.69) is 9.72 Å². The lowest BCUT2D eigenvalue weighted by molar-refractivity contribution is -0.140. The zero-order chi connectivity index (χ0) is 21.3. The molecule has 0 aliphatic heterocycles. The lowest BCUT2D eigenvalue weighted by Gasteiger charge is -2.09. The molecule has 29 heavy (non-hydrogen) atoms. The van der Waals surface area contributed by atoms with Gasteiger partial charge in [-0.15, -0.1) is 11.3 Å². The van der Waals surface area contributed by atoms with Gasteiger partial charge in [0.25, 0.3) is 5.56 Å². The number of aryl methyl sites for hydroxylation is 3. The highest BCUT2D eigenvalue weighted by molar-refractivity contribution is 7.18. The Balaban J connectivity index is 1.83. The monoisotopic (exact) mass is 415 g/mol. The maximum atomic E-state index is 12.9. The number of rotatable bonds is 7. The molecule has 0 spiro atoms. The number of ether oxygens (including phenoxy) is 1. The molecule has 0 radical (unpaired) electrons. The molecule has 0 N–H and O–H groups in total. The van der Waals surface area contributed by atoms with E-state index in [0.717, 1.165) is 21.8 Å². The molecule has 154 valence electrons. The zero-order valence-corrected chi connectivity index (χ0v) is 18.2. The van der Waals surface area contributed by atoms with Crippen LogP contribution in [0.15, 0.2) is 17.2 Å². The van der Waals surface area contributed by atoms with Crippen LogP contribution in [0.2, 0.25) is 0 Å². The van der Waals surface area contributed by atoms with Crippen molar-refractivity contribution in [2.24, 2.45) is 0 Å². The van der Waals surface area contributed by atoms with Gasteiger partial charge in [-0.3, -0.25) is 19.0 Å². The van der Waals surface area contributed by atoms with Crippen LogP contribution < -0.4 is 5.56 Å². The van der Waals surface area contributed by atoms with Crippen molar-refractivity contribution in [2.45, 2.75) is 53.6 Å². The van der Waals surface area contributed by atoms with Crippen LogP contribution in [-0.4, -0.2) is 33.0 Å². The Kier molecular flexibility index (Phi) is 6.02. The molecule has 3 aromatic heterocycles. The molecule has 0 saturated carbocycles. The standard InChI is InChI=1S/C21H25N3O4S/c1-12-9-16(14(3)24(12)8-6-7-18(26)28-5)17(25)10-23-11-22-20-19(21(23)27)13(2)15(4)29-20/h9,11H,6-8,10H2,1-5H3. The second kappa shape index (κ2) is 8.32. The molecule has 0 atom stereocenters. The minimum absolute atomic E-state index is 0.0530. The Hall–Kier alpha value is -2.74. The number of carbonyl (C=O) groups is 2. The van der Waals surface area contributed by atoms with Crippen LogP contribution in [0.4, 0.5) is 0 Å². The fraction of sp³-hybridized carbons (Fsp3) is 0.429. The van der Waals surface area contributed by atoms with Crippen molar-refractivity contribution in [3.63, 3.8) is 0 Å². The van der Waals surface area contributed by atoms with E-state index in [-0.39, 0.29) is 23.9 Å². The van der Waals surface area contributed by atoms with Crippen molar-refractivity contribution in [1.29, 1.82) is 0 Å². The smallest absolute Gasteiger partial charge is 0.305 e. The fourth-order valence-electron chi connectivity index (χ4n) is 3.53. The Labute approximate surface area is 172 Å². The first kappa shape index (κ1) is 21.0. The first-order chi connectivity index (χ1) is 13.7. The maximum absolute atomic E-state index is 12.9. The zero-order valence-electron chi connectivity index (χ0n) is 17.4. The number of Topliss-reactive ketones (excluding diaryl/α,β-unsaturated/α-hetero) is 1. The average molecular weight is 416 g/mol. The van der Waals surface area contributed by atoms with E-state index in [1.807, 2.05) is 38.3 Å². The van der Waals surface area contributed by atoms with Gasteiger partial charge in [0.15, 0.2) is 5.78 Å². The van der Waals surface area contributed by atoms with Gasteiger partial charge in [-0.2, -0.15) is 0 Å². The summed E-state index contributed by atoms with van der Waals surface area (Å²) in [7, 11) is 1.37. The predicted octanol–water partition coefficient (Wildman–Crippen LogP) is 3.33. The number of esters is 1. The van der Waals surface area contributed by atoms with Crippen LogP contribution in [0.3, 0.4) is 0 Å². The highest BCUT2D eigenvalue weighted by Crippen LogP contribution is 2.25. The second-order valence-electron chi connectivity index (χ2n) is 7.18. The van der Waals surface area contributed by atoms with E-state index in [0.29, 0.717) is 35.2 Å². The third kappa shape index (κ3) is 4.03. The lowest BCUT2D eigenvalue weighted by atomic mass is 10.1. The summed E-state index contributed by atoms with van der Waals surface area (Å²) in [6, 6.07) is 1.84. The molecule has 0 aromatic carbocycles. The molecule has 7 nitrogen and oxygen atoms in total. The molecule has 0 amide bonds. The molecule has 0 saturated heterocycles. The van der Waals surface area contributed by atoms with Gasteiger partial charge in [-0.1, -0.05) is 0 Å². The van der Waals surface area contributed by atoms with Crippen LogP contribution in [0.1, 0.15) is 45.0 Å². The summed E-state index contributed by atoms with van der Waals surface area (Å²) in [4.78, 5) is 43.2. The van der Waals surface area contributed by atoms with E-state index in [1.165, 1.54) is 29.3 Å². The average Bonchev–Trinajstić information content (AvgIpc) is 3.14. The number of carbonyl (C=O) groups excluding carboxylic acids is 2. The molecule has 0 unspecified atom stereocenters. The summed E-state index contributed by atoms with van der Waals surface area (Å²) in [5.74, 6) is -0.379. The number of hydrogen-bond acceptors (Lipinski definition) is 6. The summed E-state index contributed by atoms with van der Waals surface area (Å²) in [5, 5.41) is 0.594. The number of aromatic nitrogens is 3. The van der Waals surface area contributed by atoms with Crippen molar-refractivity contribution in [3.8, 4) is 0 Å². The van der Waals surface area contributed by atoms with Crippen molar-refractivity contribution in [3.05, 3.63) is 50.1 Å². The molecule has 3 heterocycles. The maximum Gasteiger partial charge on any atom is 0.305 e. The number of thiophene rings is 1. The van der Waals surface area contributed by atoms with Crippen molar-refractivity contribution in [1.82, 2.24) is 14.1 Å². The summed E-state index contributed by atoms with van der Waals surface area (Å²) >= 11 is 1.49. The minimum atomic E-state index is -0.245. The van der Waals surface area contributed by atoms with Crippen molar-refractivity contribution >= 4 is 33.3 Å². The minimum Gasteiger partial charge on any atom is -0.469 e. The van der Waals surface area contributed by atoms with E-state index in [4.69, 9.17) is 0 Å². The van der Waals surface area contributed by atoms with Crippen LogP contribution in [0.25, 0.3) is 10.2 Å². The van der Waals surface area contributed by atoms with Crippen LogP contribution in [0, 0.1) is 27.7 Å². The predicted molar refractivity (Wildman–Crippen MR) is 113 cm³/mol. The van der Waals surface area contributed by atoms with Gasteiger partial charge >= 0.3 is 5.97 Å². The molecule has 0 bridgehead atoms. The van der Waals surface area contributed by atoms with Crippen LogP contribution >= 0.6 is 11.3 Å². The lowest BCUT2D eigenvalue weighted by Crippen LogP contribution is -2.25. The quantitative estimate of drug-likeness (QED) is 0.437. The van der Waals surface area contributed by atoms with Crippen molar-refractivity contribution in [2.75, 3.05) is 7.11 Å². The van der Waals surface area contributed by atoms with Gasteiger partial charge in [-0.25, -0.2) is 4.98 Å². The largest absolute Gasteiger partial charge is 0.469 e. The van der Waals surface area contributed by atoms with E-state index in [1.54, 1.807) is 0 Å².